The third kappa shape index (κ3) is 3.49. The first-order valence-corrected chi connectivity index (χ1v) is 7.65. The van der Waals surface area contributed by atoms with Gasteiger partial charge in [-0.25, -0.2) is 0 Å². The second-order valence-electron chi connectivity index (χ2n) is 5.16. The highest BCUT2D eigenvalue weighted by Gasteiger charge is 2.13. The second kappa shape index (κ2) is 6.72. The number of nitrogens with zero attached hydrogens (tertiary/aromatic N) is 2. The van der Waals surface area contributed by atoms with Crippen LogP contribution in [0.2, 0.25) is 0 Å². The molecule has 0 amide bonds. The van der Waals surface area contributed by atoms with E-state index < -0.39 is 0 Å². The van der Waals surface area contributed by atoms with Gasteiger partial charge in [0, 0.05) is 30.3 Å². The number of hydrogen-bond acceptors (Lipinski definition) is 4. The summed E-state index contributed by atoms with van der Waals surface area (Å²) in [6.07, 6.45) is 0.580. The van der Waals surface area contributed by atoms with Crippen LogP contribution in [0, 0.1) is 0 Å². The molecule has 2 rings (SSSR count). The van der Waals surface area contributed by atoms with Gasteiger partial charge in [0.15, 0.2) is 0 Å². The van der Waals surface area contributed by atoms with Crippen molar-refractivity contribution in [2.24, 2.45) is 10.9 Å². The summed E-state index contributed by atoms with van der Waals surface area (Å²) in [7, 11) is 0. The normalized spacial score (nSPS) is 12.7. The molecule has 1 aromatic carbocycles. The summed E-state index contributed by atoms with van der Waals surface area (Å²) in [4.78, 5) is 2.34. The third-order valence-electron chi connectivity index (χ3n) is 3.45. The largest absolute Gasteiger partial charge is 0.409 e. The van der Waals surface area contributed by atoms with Crippen molar-refractivity contribution in [3.63, 3.8) is 0 Å². The monoisotopic (exact) mass is 291 g/mol. The van der Waals surface area contributed by atoms with Crippen LogP contribution in [0.1, 0.15) is 25.8 Å². The topological polar surface area (TPSA) is 61.8 Å². The summed E-state index contributed by atoms with van der Waals surface area (Å²) < 4.78 is 1.32. The fourth-order valence-electron chi connectivity index (χ4n) is 2.20. The zero-order valence-electron chi connectivity index (χ0n) is 11.9. The van der Waals surface area contributed by atoms with Crippen LogP contribution in [-0.2, 0) is 6.54 Å². The summed E-state index contributed by atoms with van der Waals surface area (Å²) in [6.45, 7) is 6.01. The first-order chi connectivity index (χ1) is 9.61. The maximum atomic E-state index is 8.63. The Bertz CT molecular complexity index is 592. The lowest BCUT2D eigenvalue weighted by molar-refractivity contribution is 0.219. The van der Waals surface area contributed by atoms with Crippen molar-refractivity contribution in [2.45, 2.75) is 32.9 Å². The zero-order valence-corrected chi connectivity index (χ0v) is 12.7. The van der Waals surface area contributed by atoms with Gasteiger partial charge in [0.2, 0.25) is 0 Å². The minimum absolute atomic E-state index is 0.283. The minimum atomic E-state index is 0.283. The van der Waals surface area contributed by atoms with E-state index in [2.05, 4.69) is 53.5 Å². The van der Waals surface area contributed by atoms with E-state index in [0.29, 0.717) is 12.5 Å². The van der Waals surface area contributed by atoms with Crippen molar-refractivity contribution < 1.29 is 5.21 Å². The number of rotatable bonds is 6. The highest BCUT2D eigenvalue weighted by atomic mass is 32.1. The Morgan fingerprint density at radius 1 is 1.40 bits per heavy atom. The predicted molar refractivity (Wildman–Crippen MR) is 85.4 cm³/mol. The van der Waals surface area contributed by atoms with Crippen LogP contribution in [0.3, 0.4) is 0 Å². The van der Waals surface area contributed by atoms with Gasteiger partial charge in [-0.2, -0.15) is 0 Å². The van der Waals surface area contributed by atoms with E-state index in [-0.39, 0.29) is 5.84 Å². The van der Waals surface area contributed by atoms with Gasteiger partial charge in [-0.05, 0) is 36.2 Å². The lowest BCUT2D eigenvalue weighted by Crippen LogP contribution is -2.33. The summed E-state index contributed by atoms with van der Waals surface area (Å²) in [5, 5.41) is 15.2. The predicted octanol–water partition coefficient (Wildman–Crippen LogP) is 3.25. The lowest BCUT2D eigenvalue weighted by atomic mass is 10.1. The first kappa shape index (κ1) is 14.8. The average molecular weight is 291 g/mol. The number of amidine groups is 1. The summed E-state index contributed by atoms with van der Waals surface area (Å²) >= 11 is 1.78. The van der Waals surface area contributed by atoms with E-state index in [1.165, 1.54) is 15.6 Å². The zero-order chi connectivity index (χ0) is 14.5. The molecule has 20 heavy (non-hydrogen) atoms. The number of benzene rings is 1. The Morgan fingerprint density at radius 2 is 2.15 bits per heavy atom. The van der Waals surface area contributed by atoms with Crippen molar-refractivity contribution in [2.75, 3.05) is 6.54 Å². The van der Waals surface area contributed by atoms with Gasteiger partial charge in [-0.15, -0.1) is 11.3 Å². The quantitative estimate of drug-likeness (QED) is 0.372. The molecule has 0 fully saturated rings. The number of thiophene rings is 1. The maximum Gasteiger partial charge on any atom is 0.140 e. The molecule has 0 bridgehead atoms. The molecule has 0 saturated heterocycles. The van der Waals surface area contributed by atoms with Gasteiger partial charge in [0.05, 0.1) is 0 Å². The fraction of sp³-hybridized carbons (Fsp3) is 0.400. The Hall–Kier alpha value is -1.59. The molecule has 1 aromatic heterocycles. The molecular formula is C15H21N3OS. The van der Waals surface area contributed by atoms with Gasteiger partial charge < -0.3 is 10.9 Å². The molecule has 2 aromatic rings. The Labute approximate surface area is 123 Å². The number of nitrogens with two attached hydrogens (primary N) is 1. The Morgan fingerprint density at radius 3 is 2.85 bits per heavy atom. The van der Waals surface area contributed by atoms with Gasteiger partial charge in [0.25, 0.3) is 0 Å². The van der Waals surface area contributed by atoms with Crippen LogP contribution in [0.4, 0.5) is 0 Å². The minimum Gasteiger partial charge on any atom is -0.409 e. The van der Waals surface area contributed by atoms with Gasteiger partial charge in [0.1, 0.15) is 5.84 Å². The lowest BCUT2D eigenvalue weighted by Gasteiger charge is -2.26. The highest BCUT2D eigenvalue weighted by molar-refractivity contribution is 7.17. The Balaban J connectivity index is 2.11. The van der Waals surface area contributed by atoms with Crippen molar-refractivity contribution >= 4 is 27.3 Å². The molecule has 0 radical (unpaired) electrons. The van der Waals surface area contributed by atoms with Crippen molar-refractivity contribution in [3.05, 3.63) is 35.2 Å². The molecule has 0 atom stereocenters. The second-order valence-corrected chi connectivity index (χ2v) is 6.07. The van der Waals surface area contributed by atoms with E-state index in [1.807, 2.05) is 0 Å². The first-order valence-electron chi connectivity index (χ1n) is 6.77. The molecule has 0 aliphatic rings. The van der Waals surface area contributed by atoms with Crippen LogP contribution in [0.5, 0.6) is 0 Å². The van der Waals surface area contributed by atoms with Crippen LogP contribution in [0.15, 0.2) is 34.8 Å². The Kier molecular flexibility index (Phi) is 4.98. The molecule has 0 aliphatic heterocycles. The van der Waals surface area contributed by atoms with Gasteiger partial charge in [-0.3, -0.25) is 4.90 Å². The SMILES string of the molecule is CC(C)N(CCC(N)=NO)Cc1csc2ccccc12. The molecule has 108 valence electrons. The molecule has 0 aliphatic carbocycles. The molecule has 0 spiro atoms. The molecule has 1 heterocycles. The van der Waals surface area contributed by atoms with Crippen molar-refractivity contribution in [1.82, 2.24) is 4.90 Å². The molecule has 0 unspecified atom stereocenters. The van der Waals surface area contributed by atoms with E-state index >= 15 is 0 Å². The molecular weight excluding hydrogens is 270 g/mol. The molecule has 5 heteroatoms. The van der Waals surface area contributed by atoms with Crippen LogP contribution in [-0.4, -0.2) is 28.5 Å². The number of oxime groups is 1. The standard InChI is InChI=1S/C15H21N3OS/c1-11(2)18(8-7-15(16)17-19)9-12-10-20-14-6-4-3-5-13(12)14/h3-6,10-11,19H,7-9H2,1-2H3,(H2,16,17). The van der Waals surface area contributed by atoms with Gasteiger partial charge >= 0.3 is 0 Å². The van der Waals surface area contributed by atoms with Crippen LogP contribution >= 0.6 is 11.3 Å². The van der Waals surface area contributed by atoms with E-state index in [9.17, 15) is 0 Å². The van der Waals surface area contributed by atoms with E-state index in [0.717, 1.165) is 13.1 Å². The van der Waals surface area contributed by atoms with Crippen molar-refractivity contribution in [1.29, 1.82) is 0 Å². The van der Waals surface area contributed by atoms with Crippen LogP contribution in [0.25, 0.3) is 10.1 Å². The van der Waals surface area contributed by atoms with Gasteiger partial charge in [-0.1, -0.05) is 23.4 Å². The van der Waals surface area contributed by atoms with E-state index in [1.54, 1.807) is 11.3 Å². The summed E-state index contributed by atoms with van der Waals surface area (Å²) in [5.41, 5.74) is 6.91. The van der Waals surface area contributed by atoms with Crippen molar-refractivity contribution in [3.8, 4) is 0 Å². The molecule has 4 nitrogen and oxygen atoms in total. The number of hydrogen-bond donors (Lipinski definition) is 2. The number of fused-ring (bicyclic) bond motifs is 1. The smallest absolute Gasteiger partial charge is 0.140 e. The third-order valence-corrected chi connectivity index (χ3v) is 4.46. The molecule has 0 saturated carbocycles. The fourth-order valence-corrected chi connectivity index (χ4v) is 3.16. The maximum absolute atomic E-state index is 8.63. The van der Waals surface area contributed by atoms with E-state index in [4.69, 9.17) is 10.9 Å². The summed E-state index contributed by atoms with van der Waals surface area (Å²) in [5.74, 6) is 0.283. The summed E-state index contributed by atoms with van der Waals surface area (Å²) in [6, 6.07) is 8.89. The average Bonchev–Trinajstić information content (AvgIpc) is 2.86. The van der Waals surface area contributed by atoms with Crippen LogP contribution < -0.4 is 5.73 Å². The highest BCUT2D eigenvalue weighted by Crippen LogP contribution is 2.27. The molecule has 3 N–H and O–H groups in total.